The van der Waals surface area contributed by atoms with Crippen LogP contribution < -0.4 is 0 Å². The quantitative estimate of drug-likeness (QED) is 0.0212. The van der Waals surface area contributed by atoms with Gasteiger partial charge in [0.25, 0.3) is 6.29 Å². The van der Waals surface area contributed by atoms with Crippen LogP contribution in [-0.2, 0) is 33.3 Å². The number of carbonyl (C=O) groups is 3. The van der Waals surface area contributed by atoms with E-state index in [4.69, 9.17) is 18.9 Å². The van der Waals surface area contributed by atoms with Gasteiger partial charge in [0.2, 0.25) is 0 Å². The third-order valence-electron chi connectivity index (χ3n) is 9.90. The molecule has 0 aromatic carbocycles. The lowest BCUT2D eigenvalue weighted by Gasteiger charge is -2.25. The highest BCUT2D eigenvalue weighted by molar-refractivity contribution is 5.71. The van der Waals surface area contributed by atoms with Crippen LogP contribution >= 0.6 is 0 Å². The standard InChI is InChI=1S/C58H91NO8/c1-6-8-10-12-14-16-18-20-22-24-26-27-28-29-31-33-35-37-39-41-43-45-47-49-56(61)67-54(53-66-58(57(62)63)64-51-50-59(3,4)5)52-65-55(60)48-46-44-42-40-38-36-34-32-30-25-23-21-19-17-15-13-11-9-7-2/h8-11,14-17,20-23,26-27,29-32,35-38,54,58H,6-7,12-13,18-19,24-25,28,33-34,39-53H2,1-5H3/p+1/b10-8-,11-9-,16-14-,17-15-,22-20-,23-21-,27-26-,31-29-,32-30-,37-35-,38-36-. The van der Waals surface area contributed by atoms with E-state index in [2.05, 4.69) is 148 Å². The Bertz CT molecular complexity index is 1550. The second kappa shape index (κ2) is 47.9. The highest BCUT2D eigenvalue weighted by Crippen LogP contribution is 2.11. The number of nitrogens with zero attached hydrogens (tertiary/aromatic N) is 1. The third-order valence-corrected chi connectivity index (χ3v) is 9.90. The second-order valence-corrected chi connectivity index (χ2v) is 17.4. The Balaban J connectivity index is 4.51. The molecule has 0 rings (SSSR count). The van der Waals surface area contributed by atoms with E-state index in [-0.39, 0.29) is 32.7 Å². The molecule has 2 unspecified atom stereocenters. The lowest BCUT2D eigenvalue weighted by atomic mass is 10.1. The van der Waals surface area contributed by atoms with Crippen molar-refractivity contribution in [1.29, 1.82) is 0 Å². The lowest BCUT2D eigenvalue weighted by Crippen LogP contribution is -2.40. The molecule has 0 radical (unpaired) electrons. The van der Waals surface area contributed by atoms with Crippen molar-refractivity contribution in [2.45, 2.75) is 167 Å². The Kier molecular flexibility index (Phi) is 44.6. The predicted molar refractivity (Wildman–Crippen MR) is 281 cm³/mol. The van der Waals surface area contributed by atoms with E-state index >= 15 is 0 Å². The first kappa shape index (κ1) is 62.4. The molecule has 9 nitrogen and oxygen atoms in total. The fraction of sp³-hybridized carbons (Fsp3) is 0.569. The van der Waals surface area contributed by atoms with Crippen LogP contribution in [0.5, 0.6) is 0 Å². The van der Waals surface area contributed by atoms with Crippen molar-refractivity contribution in [2.75, 3.05) is 47.5 Å². The number of carboxylic acids is 1. The monoisotopic (exact) mass is 931 g/mol. The number of carboxylic acid groups (broad SMARTS) is 1. The Labute approximate surface area is 408 Å². The number of hydrogen-bond donors (Lipinski definition) is 1. The number of ether oxygens (including phenoxy) is 4. The van der Waals surface area contributed by atoms with Crippen molar-refractivity contribution >= 4 is 17.9 Å². The summed E-state index contributed by atoms with van der Waals surface area (Å²) in [5.74, 6) is -2.11. The minimum absolute atomic E-state index is 0.168. The molecule has 9 heteroatoms. The maximum absolute atomic E-state index is 12.8. The molecule has 0 amide bonds. The maximum atomic E-state index is 12.8. The molecular formula is C58H92NO8+. The van der Waals surface area contributed by atoms with E-state index in [0.717, 1.165) is 116 Å². The van der Waals surface area contributed by atoms with Gasteiger partial charge in [-0.1, -0.05) is 167 Å². The van der Waals surface area contributed by atoms with Crippen molar-refractivity contribution in [1.82, 2.24) is 0 Å². The minimum Gasteiger partial charge on any atom is -0.477 e. The molecule has 0 aliphatic carbocycles. The fourth-order valence-electron chi connectivity index (χ4n) is 6.04. The molecule has 0 aromatic heterocycles. The number of hydrogen-bond acceptors (Lipinski definition) is 7. The van der Waals surface area contributed by atoms with Crippen LogP contribution in [0.2, 0.25) is 0 Å². The van der Waals surface area contributed by atoms with Gasteiger partial charge in [-0.25, -0.2) is 4.79 Å². The van der Waals surface area contributed by atoms with E-state index in [0.29, 0.717) is 23.9 Å². The van der Waals surface area contributed by atoms with Crippen LogP contribution in [0, 0.1) is 0 Å². The lowest BCUT2D eigenvalue weighted by molar-refractivity contribution is -0.870. The molecule has 2 atom stereocenters. The molecular weight excluding hydrogens is 839 g/mol. The average Bonchev–Trinajstić information content (AvgIpc) is 3.29. The van der Waals surface area contributed by atoms with E-state index in [1.54, 1.807) is 0 Å². The molecule has 0 saturated carbocycles. The third kappa shape index (κ3) is 49.2. The van der Waals surface area contributed by atoms with E-state index < -0.39 is 30.3 Å². The number of likely N-dealkylation sites (N-methyl/N-ethyl adjacent to an activating group) is 1. The van der Waals surface area contributed by atoms with Gasteiger partial charge < -0.3 is 28.5 Å². The maximum Gasteiger partial charge on any atom is 0.361 e. The molecule has 0 aliphatic rings. The van der Waals surface area contributed by atoms with Gasteiger partial charge in [0.05, 0.1) is 34.4 Å². The summed E-state index contributed by atoms with van der Waals surface area (Å²) in [6, 6.07) is 0. The van der Waals surface area contributed by atoms with Gasteiger partial charge in [-0.2, -0.15) is 0 Å². The van der Waals surface area contributed by atoms with E-state index in [9.17, 15) is 19.5 Å². The van der Waals surface area contributed by atoms with Gasteiger partial charge in [-0.3, -0.25) is 9.59 Å². The van der Waals surface area contributed by atoms with Crippen LogP contribution in [0.15, 0.2) is 134 Å². The first-order valence-electron chi connectivity index (χ1n) is 25.3. The van der Waals surface area contributed by atoms with Crippen molar-refractivity contribution in [3.63, 3.8) is 0 Å². The minimum atomic E-state index is -1.53. The fourth-order valence-corrected chi connectivity index (χ4v) is 6.04. The zero-order chi connectivity index (χ0) is 49.2. The highest BCUT2D eigenvalue weighted by atomic mass is 16.7. The summed E-state index contributed by atoms with van der Waals surface area (Å²) in [6.45, 7) is 4.54. The summed E-state index contributed by atoms with van der Waals surface area (Å²) in [4.78, 5) is 37.3. The summed E-state index contributed by atoms with van der Waals surface area (Å²) >= 11 is 0. The zero-order valence-electron chi connectivity index (χ0n) is 42.5. The smallest absolute Gasteiger partial charge is 0.361 e. The van der Waals surface area contributed by atoms with Gasteiger partial charge in [0.15, 0.2) is 6.10 Å². The summed E-state index contributed by atoms with van der Waals surface area (Å²) in [7, 11) is 5.93. The van der Waals surface area contributed by atoms with Gasteiger partial charge >= 0.3 is 17.9 Å². The molecule has 0 aromatic rings. The highest BCUT2D eigenvalue weighted by Gasteiger charge is 2.25. The Morgan fingerprint density at radius 3 is 1.19 bits per heavy atom. The Morgan fingerprint density at radius 1 is 0.448 bits per heavy atom. The summed E-state index contributed by atoms with van der Waals surface area (Å²) < 4.78 is 22.7. The molecule has 376 valence electrons. The first-order valence-corrected chi connectivity index (χ1v) is 25.3. The van der Waals surface area contributed by atoms with E-state index in [1.165, 1.54) is 0 Å². The molecule has 0 heterocycles. The van der Waals surface area contributed by atoms with Crippen LogP contribution in [0.1, 0.15) is 155 Å². The van der Waals surface area contributed by atoms with Crippen molar-refractivity contribution in [2.24, 2.45) is 0 Å². The molecule has 0 aliphatic heterocycles. The van der Waals surface area contributed by atoms with Crippen LogP contribution in [0.25, 0.3) is 0 Å². The number of rotatable bonds is 44. The van der Waals surface area contributed by atoms with Crippen LogP contribution in [-0.4, -0.2) is 87.4 Å². The molecule has 67 heavy (non-hydrogen) atoms. The number of carbonyl (C=O) groups excluding carboxylic acids is 2. The van der Waals surface area contributed by atoms with Crippen molar-refractivity contribution in [3.05, 3.63) is 134 Å². The topological polar surface area (TPSA) is 108 Å². The Hall–Kier alpha value is -4.57. The Morgan fingerprint density at radius 2 is 0.806 bits per heavy atom. The largest absolute Gasteiger partial charge is 0.477 e. The number of unbranched alkanes of at least 4 members (excludes halogenated alkanes) is 7. The molecule has 0 fully saturated rings. The van der Waals surface area contributed by atoms with Crippen LogP contribution in [0.4, 0.5) is 0 Å². The first-order chi connectivity index (χ1) is 32.6. The zero-order valence-corrected chi connectivity index (χ0v) is 42.5. The number of allylic oxidation sites excluding steroid dienone is 22. The molecule has 0 saturated heterocycles. The number of aliphatic carboxylic acids is 1. The van der Waals surface area contributed by atoms with Gasteiger partial charge in [0.1, 0.15) is 13.2 Å². The van der Waals surface area contributed by atoms with Gasteiger partial charge in [-0.05, 0) is 109 Å². The van der Waals surface area contributed by atoms with Crippen molar-refractivity contribution < 1.29 is 42.9 Å². The summed E-state index contributed by atoms with van der Waals surface area (Å²) in [5.41, 5.74) is 0. The van der Waals surface area contributed by atoms with Crippen molar-refractivity contribution in [3.8, 4) is 0 Å². The van der Waals surface area contributed by atoms with E-state index in [1.807, 2.05) is 21.1 Å². The molecule has 1 N–H and O–H groups in total. The molecule has 0 bridgehead atoms. The normalized spacial score (nSPS) is 14.0. The predicted octanol–water partition coefficient (Wildman–Crippen LogP) is 14.3. The molecule has 0 spiro atoms. The number of esters is 2. The summed E-state index contributed by atoms with van der Waals surface area (Å²) in [6.07, 6.45) is 65.1. The number of quaternary nitrogens is 1. The second-order valence-electron chi connectivity index (χ2n) is 17.4. The average molecular weight is 931 g/mol. The SMILES string of the molecule is CC/C=C\C/C=C\C/C=C\C/C=C\C/C=C\C/C=C\CCCCCCC(=O)OC(COC(=O)CCCCC/C=C\C/C=C\C/C=C\C/C=C\C/C=C\CC)COC(OCC[N+](C)(C)C)C(=O)O. The van der Waals surface area contributed by atoms with Gasteiger partial charge in [-0.15, -0.1) is 0 Å². The van der Waals surface area contributed by atoms with Crippen LogP contribution in [0.3, 0.4) is 0 Å². The summed E-state index contributed by atoms with van der Waals surface area (Å²) in [5, 5.41) is 9.67. The van der Waals surface area contributed by atoms with Gasteiger partial charge in [0, 0.05) is 12.8 Å².